The highest BCUT2D eigenvalue weighted by Gasteiger charge is 2.27. The second-order valence-corrected chi connectivity index (χ2v) is 7.90. The summed E-state index contributed by atoms with van der Waals surface area (Å²) in [5, 5.41) is 6.85. The van der Waals surface area contributed by atoms with Crippen LogP contribution in [-0.2, 0) is 16.4 Å². The van der Waals surface area contributed by atoms with Gasteiger partial charge in [0.1, 0.15) is 5.76 Å². The predicted octanol–water partition coefficient (Wildman–Crippen LogP) is 1.29. The molecule has 0 saturated carbocycles. The fourth-order valence-electron chi connectivity index (χ4n) is 1.23. The zero-order valence-electron chi connectivity index (χ0n) is 10.8. The summed E-state index contributed by atoms with van der Waals surface area (Å²) in [5.74, 6) is 0.886. The Balaban J connectivity index is 2.34. The molecule has 0 aliphatic heterocycles. The molecule has 0 fully saturated rings. The Kier molecular flexibility index (Phi) is 4.32. The first-order valence-electron chi connectivity index (χ1n) is 5.57. The zero-order valence-corrected chi connectivity index (χ0v) is 11.6. The minimum absolute atomic E-state index is 0.132. The normalized spacial score (nSPS) is 12.9. The van der Waals surface area contributed by atoms with E-state index in [1.165, 1.54) is 0 Å². The van der Waals surface area contributed by atoms with Gasteiger partial charge in [-0.05, 0) is 27.7 Å². The summed E-state index contributed by atoms with van der Waals surface area (Å²) < 4.78 is 27.8. The van der Waals surface area contributed by atoms with Crippen LogP contribution < -0.4 is 5.32 Å². The molecule has 1 heterocycles. The van der Waals surface area contributed by atoms with E-state index in [4.69, 9.17) is 4.52 Å². The zero-order chi connectivity index (χ0) is 13.1. The van der Waals surface area contributed by atoms with Crippen LogP contribution in [0.25, 0.3) is 0 Å². The summed E-state index contributed by atoms with van der Waals surface area (Å²) in [4.78, 5) is 0. The van der Waals surface area contributed by atoms with Crippen molar-refractivity contribution in [1.82, 2.24) is 10.5 Å². The van der Waals surface area contributed by atoms with Crippen molar-refractivity contribution < 1.29 is 12.9 Å². The lowest BCUT2D eigenvalue weighted by molar-refractivity contribution is 0.388. The molecule has 1 N–H and O–H groups in total. The van der Waals surface area contributed by atoms with Gasteiger partial charge < -0.3 is 9.84 Å². The Morgan fingerprint density at radius 1 is 1.41 bits per heavy atom. The maximum Gasteiger partial charge on any atom is 0.156 e. The van der Waals surface area contributed by atoms with Gasteiger partial charge in [0.25, 0.3) is 0 Å². The summed E-state index contributed by atoms with van der Waals surface area (Å²) in [6.07, 6.45) is 0. The van der Waals surface area contributed by atoms with E-state index in [-0.39, 0.29) is 5.75 Å². The molecule has 0 unspecified atom stereocenters. The highest BCUT2D eigenvalue weighted by molar-refractivity contribution is 7.92. The van der Waals surface area contributed by atoms with E-state index in [1.54, 1.807) is 20.8 Å². The Morgan fingerprint density at radius 2 is 2.06 bits per heavy atom. The van der Waals surface area contributed by atoms with E-state index in [1.807, 2.05) is 13.0 Å². The molecule has 1 aromatic heterocycles. The van der Waals surface area contributed by atoms with Crippen molar-refractivity contribution >= 4 is 9.84 Å². The molecule has 0 saturated heterocycles. The third-order valence-electron chi connectivity index (χ3n) is 2.46. The molecule has 98 valence electrons. The molecule has 0 bridgehead atoms. The lowest BCUT2D eigenvalue weighted by Crippen LogP contribution is -2.34. The second-order valence-electron chi connectivity index (χ2n) is 5.04. The third kappa shape index (κ3) is 4.12. The van der Waals surface area contributed by atoms with Gasteiger partial charge in [0.05, 0.1) is 16.2 Å². The van der Waals surface area contributed by atoms with Crippen LogP contribution in [-0.4, -0.2) is 30.6 Å². The number of nitrogens with one attached hydrogen (secondary N) is 1. The van der Waals surface area contributed by atoms with Gasteiger partial charge in [-0.3, -0.25) is 0 Å². The van der Waals surface area contributed by atoms with Crippen LogP contribution >= 0.6 is 0 Å². The van der Waals surface area contributed by atoms with Gasteiger partial charge in [-0.1, -0.05) is 5.16 Å². The molecular formula is C11H20N2O3S. The average Bonchev–Trinajstić information content (AvgIpc) is 2.57. The van der Waals surface area contributed by atoms with Gasteiger partial charge in [-0.2, -0.15) is 0 Å². The molecule has 0 atom stereocenters. The summed E-state index contributed by atoms with van der Waals surface area (Å²) in [6.45, 7) is 7.90. The summed E-state index contributed by atoms with van der Waals surface area (Å²) >= 11 is 0. The summed E-state index contributed by atoms with van der Waals surface area (Å²) in [5.41, 5.74) is 0.788. The Hall–Kier alpha value is -0.880. The highest BCUT2D eigenvalue weighted by atomic mass is 32.2. The second kappa shape index (κ2) is 5.18. The molecule has 6 heteroatoms. The topological polar surface area (TPSA) is 72.2 Å². The number of hydrogen-bond donors (Lipinski definition) is 1. The lowest BCUT2D eigenvalue weighted by Gasteiger charge is -2.18. The summed E-state index contributed by atoms with van der Waals surface area (Å²) in [6, 6.07) is 1.82. The summed E-state index contributed by atoms with van der Waals surface area (Å²) in [7, 11) is -3.05. The first kappa shape index (κ1) is 14.2. The molecule has 1 aromatic rings. The molecule has 0 radical (unpaired) electrons. The van der Waals surface area contributed by atoms with E-state index in [0.29, 0.717) is 13.1 Å². The Bertz CT molecular complexity index is 457. The Labute approximate surface area is 102 Å². The van der Waals surface area contributed by atoms with Crippen molar-refractivity contribution in [2.24, 2.45) is 0 Å². The maximum absolute atomic E-state index is 11.8. The van der Waals surface area contributed by atoms with E-state index >= 15 is 0 Å². The third-order valence-corrected chi connectivity index (χ3v) is 5.07. The van der Waals surface area contributed by atoms with Crippen LogP contribution in [0.2, 0.25) is 0 Å². The quantitative estimate of drug-likeness (QED) is 0.808. The number of aryl methyl sites for hydroxylation is 1. The van der Waals surface area contributed by atoms with Gasteiger partial charge in [-0.15, -0.1) is 0 Å². The van der Waals surface area contributed by atoms with Crippen LogP contribution in [0.1, 0.15) is 32.2 Å². The van der Waals surface area contributed by atoms with Gasteiger partial charge in [0.15, 0.2) is 9.84 Å². The standard InChI is InChI=1S/C11H20N2O3S/c1-9-7-10(13-16-9)8-12-5-6-17(14,15)11(2,3)4/h7,12H,5-6,8H2,1-4H3. The van der Waals surface area contributed by atoms with E-state index in [0.717, 1.165) is 11.5 Å². The van der Waals surface area contributed by atoms with E-state index in [2.05, 4.69) is 10.5 Å². The molecule has 1 rings (SSSR count). The minimum Gasteiger partial charge on any atom is -0.361 e. The molecule has 0 spiro atoms. The van der Waals surface area contributed by atoms with Gasteiger partial charge in [0, 0.05) is 19.2 Å². The molecular weight excluding hydrogens is 240 g/mol. The molecule has 17 heavy (non-hydrogen) atoms. The first-order chi connectivity index (χ1) is 7.72. The number of sulfone groups is 1. The number of rotatable bonds is 5. The number of aromatic nitrogens is 1. The SMILES string of the molecule is Cc1cc(CNCCS(=O)(=O)C(C)(C)C)no1. The monoisotopic (exact) mass is 260 g/mol. The van der Waals surface area contributed by atoms with Crippen molar-refractivity contribution in [3.63, 3.8) is 0 Å². The van der Waals surface area contributed by atoms with Crippen LogP contribution in [0.5, 0.6) is 0 Å². The van der Waals surface area contributed by atoms with Crippen LogP contribution in [0, 0.1) is 6.92 Å². The molecule has 0 aromatic carbocycles. The molecule has 0 aliphatic rings. The van der Waals surface area contributed by atoms with Crippen molar-refractivity contribution in [1.29, 1.82) is 0 Å². The van der Waals surface area contributed by atoms with E-state index in [9.17, 15) is 8.42 Å². The Morgan fingerprint density at radius 3 is 2.53 bits per heavy atom. The van der Waals surface area contributed by atoms with Crippen LogP contribution in [0.4, 0.5) is 0 Å². The fourth-order valence-corrected chi connectivity index (χ4v) is 2.26. The molecule has 0 aliphatic carbocycles. The van der Waals surface area contributed by atoms with Crippen molar-refractivity contribution in [3.8, 4) is 0 Å². The lowest BCUT2D eigenvalue weighted by atomic mass is 10.3. The van der Waals surface area contributed by atoms with E-state index < -0.39 is 14.6 Å². The van der Waals surface area contributed by atoms with Gasteiger partial charge in [-0.25, -0.2) is 8.42 Å². The smallest absolute Gasteiger partial charge is 0.156 e. The molecule has 0 amide bonds. The van der Waals surface area contributed by atoms with Gasteiger partial charge >= 0.3 is 0 Å². The highest BCUT2D eigenvalue weighted by Crippen LogP contribution is 2.15. The minimum atomic E-state index is -3.05. The predicted molar refractivity (Wildman–Crippen MR) is 66.5 cm³/mol. The van der Waals surface area contributed by atoms with Crippen LogP contribution in [0.3, 0.4) is 0 Å². The number of nitrogens with zero attached hydrogens (tertiary/aromatic N) is 1. The van der Waals surface area contributed by atoms with Crippen molar-refractivity contribution in [2.75, 3.05) is 12.3 Å². The average molecular weight is 260 g/mol. The maximum atomic E-state index is 11.8. The number of hydrogen-bond acceptors (Lipinski definition) is 5. The largest absolute Gasteiger partial charge is 0.361 e. The van der Waals surface area contributed by atoms with Crippen molar-refractivity contribution in [3.05, 3.63) is 17.5 Å². The first-order valence-corrected chi connectivity index (χ1v) is 7.23. The fraction of sp³-hybridized carbons (Fsp3) is 0.727. The molecule has 5 nitrogen and oxygen atoms in total. The van der Waals surface area contributed by atoms with Crippen molar-refractivity contribution in [2.45, 2.75) is 39.0 Å². The van der Waals surface area contributed by atoms with Gasteiger partial charge in [0.2, 0.25) is 0 Å². The van der Waals surface area contributed by atoms with Crippen LogP contribution in [0.15, 0.2) is 10.6 Å².